The Morgan fingerprint density at radius 2 is 0.917 bits per heavy atom. The molecule has 0 amide bonds. The Bertz CT molecular complexity index is 1100. The Kier molecular flexibility index (Phi) is 9.10. The molecule has 3 aromatic carbocycles. The molecular formula is C26H25NO9. The zero-order chi connectivity index (χ0) is 25.9. The average Bonchev–Trinajstić information content (AvgIpc) is 2.92. The van der Waals surface area contributed by atoms with Crippen LogP contribution < -0.4 is 9.64 Å². The fraction of sp³-hybridized carbons (Fsp3) is 0.192. The van der Waals surface area contributed by atoms with E-state index in [0.717, 1.165) is 28.2 Å². The molecule has 0 aliphatic rings. The van der Waals surface area contributed by atoms with Gasteiger partial charge in [-0.25, -0.2) is 14.4 Å². The first kappa shape index (κ1) is 25.9. The van der Waals surface area contributed by atoms with Gasteiger partial charge in [0.2, 0.25) is 0 Å². The molecular weight excluding hydrogens is 470 g/mol. The highest BCUT2D eigenvalue weighted by atomic mass is 16.7. The Morgan fingerprint density at radius 3 is 1.28 bits per heavy atom. The number of benzene rings is 3. The number of nitrogens with zero attached hydrogens (tertiary/aromatic N) is 1. The number of carbonyl (C=O) groups excluding carboxylic acids is 3. The van der Waals surface area contributed by atoms with Gasteiger partial charge in [-0.1, -0.05) is 24.3 Å². The highest BCUT2D eigenvalue weighted by Gasteiger charge is 2.14. The van der Waals surface area contributed by atoms with Gasteiger partial charge >= 0.3 is 18.5 Å². The van der Waals surface area contributed by atoms with Crippen LogP contribution in [0.15, 0.2) is 72.8 Å². The third-order valence-electron chi connectivity index (χ3n) is 4.90. The van der Waals surface area contributed by atoms with Gasteiger partial charge < -0.3 is 33.3 Å². The number of ether oxygens (including phenoxy) is 6. The summed E-state index contributed by atoms with van der Waals surface area (Å²) in [5, 5.41) is 0. The van der Waals surface area contributed by atoms with Gasteiger partial charge in [-0.2, -0.15) is 0 Å². The van der Waals surface area contributed by atoms with Crippen LogP contribution in [0.1, 0.15) is 11.1 Å². The normalized spacial score (nSPS) is 10.1. The third kappa shape index (κ3) is 7.13. The molecule has 36 heavy (non-hydrogen) atoms. The van der Waals surface area contributed by atoms with Crippen molar-refractivity contribution >= 4 is 35.5 Å². The second kappa shape index (κ2) is 12.7. The predicted octanol–water partition coefficient (Wildman–Crippen LogP) is 5.87. The molecule has 0 N–H and O–H groups in total. The van der Waals surface area contributed by atoms with E-state index in [1.54, 1.807) is 24.3 Å². The maximum absolute atomic E-state index is 11.4. The highest BCUT2D eigenvalue weighted by Crippen LogP contribution is 2.35. The highest BCUT2D eigenvalue weighted by molar-refractivity contribution is 5.77. The smallest absolute Gasteiger partial charge is 0.438 e. The van der Waals surface area contributed by atoms with Crippen LogP contribution in [0.4, 0.5) is 31.4 Å². The van der Waals surface area contributed by atoms with Gasteiger partial charge in [0.05, 0.1) is 21.3 Å². The van der Waals surface area contributed by atoms with Gasteiger partial charge in [-0.15, -0.1) is 0 Å². The minimum absolute atomic E-state index is 0.0708. The number of rotatable bonds is 8. The zero-order valence-corrected chi connectivity index (χ0v) is 20.0. The van der Waals surface area contributed by atoms with Crippen LogP contribution >= 0.6 is 0 Å². The summed E-state index contributed by atoms with van der Waals surface area (Å²) >= 11 is 0. The molecule has 0 aliphatic heterocycles. The summed E-state index contributed by atoms with van der Waals surface area (Å²) in [4.78, 5) is 35.9. The molecule has 0 aliphatic carbocycles. The van der Waals surface area contributed by atoms with Crippen LogP contribution in [-0.4, -0.2) is 39.8 Å². The molecule has 0 spiro atoms. The molecule has 3 rings (SSSR count). The Morgan fingerprint density at radius 1 is 0.556 bits per heavy atom. The summed E-state index contributed by atoms with van der Waals surface area (Å²) in [7, 11) is 3.73. The van der Waals surface area contributed by atoms with E-state index in [0.29, 0.717) is 5.75 Å². The van der Waals surface area contributed by atoms with Crippen LogP contribution in [-0.2, 0) is 36.9 Å². The van der Waals surface area contributed by atoms with Crippen LogP contribution in [0.2, 0.25) is 0 Å². The van der Waals surface area contributed by atoms with Crippen LogP contribution in [0.25, 0.3) is 0 Å². The number of anilines is 3. The number of methoxy groups -OCH3 is 3. The predicted molar refractivity (Wildman–Crippen MR) is 129 cm³/mol. The van der Waals surface area contributed by atoms with Crippen LogP contribution in [0.3, 0.4) is 0 Å². The monoisotopic (exact) mass is 495 g/mol. The summed E-state index contributed by atoms with van der Waals surface area (Å²) < 4.78 is 28.6. The average molecular weight is 495 g/mol. The van der Waals surface area contributed by atoms with Crippen molar-refractivity contribution in [3.63, 3.8) is 0 Å². The number of hydrogen-bond acceptors (Lipinski definition) is 10. The Hall–Kier alpha value is -4.73. The molecule has 188 valence electrons. The maximum atomic E-state index is 11.4. The first-order chi connectivity index (χ1) is 17.4. The maximum Gasteiger partial charge on any atom is 0.513 e. The molecule has 0 saturated heterocycles. The SMILES string of the molecule is COC(=O)OCc1ccc(N(c2ccc(COC(=O)OC)cc2)c2ccc(OC(=O)OC)cc2)cc1. The molecule has 10 nitrogen and oxygen atoms in total. The van der Waals surface area contributed by atoms with E-state index in [1.165, 1.54) is 21.3 Å². The molecule has 0 bridgehead atoms. The fourth-order valence-corrected chi connectivity index (χ4v) is 3.13. The summed E-state index contributed by atoms with van der Waals surface area (Å²) in [6.45, 7) is 0.142. The summed E-state index contributed by atoms with van der Waals surface area (Å²) in [5.41, 5.74) is 3.97. The Balaban J connectivity index is 1.88. The quantitative estimate of drug-likeness (QED) is 0.214. The largest absolute Gasteiger partial charge is 0.513 e. The van der Waals surface area contributed by atoms with Crippen molar-refractivity contribution in [2.75, 3.05) is 26.2 Å². The standard InChI is InChI=1S/C26H25NO9/c1-31-24(28)34-16-18-4-8-20(9-5-18)27(22-12-14-23(15-13-22)36-26(30)33-3)21-10-6-19(7-11-21)17-35-25(29)32-2/h4-15H,16-17H2,1-3H3. The first-order valence-corrected chi connectivity index (χ1v) is 10.7. The topological polar surface area (TPSA) is 110 Å². The van der Waals surface area contributed by atoms with Crippen LogP contribution in [0, 0.1) is 0 Å². The lowest BCUT2D eigenvalue weighted by Crippen LogP contribution is -2.11. The first-order valence-electron chi connectivity index (χ1n) is 10.7. The van der Waals surface area contributed by atoms with E-state index < -0.39 is 18.5 Å². The number of carbonyl (C=O) groups is 3. The second-order valence-corrected chi connectivity index (χ2v) is 7.20. The molecule has 0 atom stereocenters. The van der Waals surface area contributed by atoms with Gasteiger partial charge in [0.25, 0.3) is 0 Å². The van der Waals surface area contributed by atoms with Gasteiger partial charge in [0, 0.05) is 17.1 Å². The molecule has 0 saturated carbocycles. The van der Waals surface area contributed by atoms with Gasteiger partial charge in [0.1, 0.15) is 19.0 Å². The van der Waals surface area contributed by atoms with E-state index in [9.17, 15) is 14.4 Å². The lowest BCUT2D eigenvalue weighted by Gasteiger charge is -2.26. The van der Waals surface area contributed by atoms with Crippen molar-refractivity contribution in [2.24, 2.45) is 0 Å². The van der Waals surface area contributed by atoms with E-state index >= 15 is 0 Å². The summed E-state index contributed by atoms with van der Waals surface area (Å²) in [5.74, 6) is 0.330. The lowest BCUT2D eigenvalue weighted by atomic mass is 10.1. The van der Waals surface area contributed by atoms with Gasteiger partial charge in [0.15, 0.2) is 0 Å². The van der Waals surface area contributed by atoms with E-state index in [4.69, 9.17) is 14.2 Å². The van der Waals surface area contributed by atoms with Crippen LogP contribution in [0.5, 0.6) is 5.75 Å². The molecule has 0 unspecified atom stereocenters. The lowest BCUT2D eigenvalue weighted by molar-refractivity contribution is 0.0660. The minimum Gasteiger partial charge on any atom is -0.438 e. The van der Waals surface area contributed by atoms with Crippen molar-refractivity contribution in [3.05, 3.63) is 83.9 Å². The third-order valence-corrected chi connectivity index (χ3v) is 4.90. The molecule has 0 heterocycles. The zero-order valence-electron chi connectivity index (χ0n) is 20.0. The van der Waals surface area contributed by atoms with Gasteiger partial charge in [-0.05, 0) is 59.7 Å². The van der Waals surface area contributed by atoms with E-state index in [2.05, 4.69) is 14.2 Å². The van der Waals surface area contributed by atoms with Crippen molar-refractivity contribution in [3.8, 4) is 5.75 Å². The van der Waals surface area contributed by atoms with E-state index in [-0.39, 0.29) is 13.2 Å². The van der Waals surface area contributed by atoms with Crippen molar-refractivity contribution in [1.82, 2.24) is 0 Å². The van der Waals surface area contributed by atoms with Crippen molar-refractivity contribution in [1.29, 1.82) is 0 Å². The summed E-state index contributed by atoms with van der Waals surface area (Å²) in [6.07, 6.45) is -2.33. The Labute approximate surface area is 207 Å². The molecule has 0 radical (unpaired) electrons. The van der Waals surface area contributed by atoms with Gasteiger partial charge in [-0.3, -0.25) is 0 Å². The summed E-state index contributed by atoms with van der Waals surface area (Å²) in [6, 6.07) is 21.7. The van der Waals surface area contributed by atoms with Crippen molar-refractivity contribution in [2.45, 2.75) is 13.2 Å². The van der Waals surface area contributed by atoms with Crippen molar-refractivity contribution < 1.29 is 42.8 Å². The number of hydrogen-bond donors (Lipinski definition) is 0. The van der Waals surface area contributed by atoms with E-state index in [1.807, 2.05) is 53.4 Å². The molecule has 0 aromatic heterocycles. The molecule has 10 heteroatoms. The second-order valence-electron chi connectivity index (χ2n) is 7.20. The minimum atomic E-state index is -0.811. The fourth-order valence-electron chi connectivity index (χ4n) is 3.13. The molecule has 0 fully saturated rings. The molecule has 3 aromatic rings.